The Kier molecular flexibility index (Phi) is 3.60. The summed E-state index contributed by atoms with van der Waals surface area (Å²) in [5.74, 6) is 0.705. The lowest BCUT2D eigenvalue weighted by atomic mass is 10.1. The van der Waals surface area contributed by atoms with Crippen LogP contribution in [0, 0.1) is 0 Å². The molecule has 21 heavy (non-hydrogen) atoms. The molecule has 0 unspecified atom stereocenters. The van der Waals surface area contributed by atoms with Crippen molar-refractivity contribution in [1.82, 2.24) is 10.3 Å². The minimum atomic E-state index is -0.0825. The smallest absolute Gasteiger partial charge is 0.251 e. The van der Waals surface area contributed by atoms with Crippen molar-refractivity contribution < 1.29 is 9.53 Å². The molecule has 0 bridgehead atoms. The van der Waals surface area contributed by atoms with Crippen molar-refractivity contribution in [1.29, 1.82) is 0 Å². The molecule has 1 amide bonds. The number of benzene rings is 2. The first-order valence-corrected chi connectivity index (χ1v) is 6.74. The standard InChI is InChI=1S/C17H16N2O2/c1-21-15-4-2-3-12(9-15)11-19-17(20)14-5-6-16-13(10-14)7-8-18-16/h2-10,18H,11H2,1H3,(H,19,20). The van der Waals surface area contributed by atoms with Crippen molar-refractivity contribution in [2.24, 2.45) is 0 Å². The predicted molar refractivity (Wildman–Crippen MR) is 82.5 cm³/mol. The van der Waals surface area contributed by atoms with Gasteiger partial charge in [0.05, 0.1) is 7.11 Å². The molecule has 0 radical (unpaired) electrons. The molecule has 0 atom stereocenters. The highest BCUT2D eigenvalue weighted by molar-refractivity contribution is 5.98. The molecule has 3 aromatic rings. The average Bonchev–Trinajstić information content (AvgIpc) is 3.00. The summed E-state index contributed by atoms with van der Waals surface area (Å²) in [5, 5.41) is 3.95. The normalized spacial score (nSPS) is 10.5. The fourth-order valence-corrected chi connectivity index (χ4v) is 2.26. The number of carbonyl (C=O) groups is 1. The first-order valence-electron chi connectivity index (χ1n) is 6.74. The van der Waals surface area contributed by atoms with Crippen LogP contribution in [0.25, 0.3) is 10.9 Å². The third-order valence-electron chi connectivity index (χ3n) is 3.40. The summed E-state index contributed by atoms with van der Waals surface area (Å²) in [4.78, 5) is 15.3. The quantitative estimate of drug-likeness (QED) is 0.771. The highest BCUT2D eigenvalue weighted by Crippen LogP contribution is 2.15. The molecule has 0 saturated heterocycles. The van der Waals surface area contributed by atoms with E-state index in [9.17, 15) is 4.79 Å². The minimum Gasteiger partial charge on any atom is -0.497 e. The molecule has 4 heteroatoms. The topological polar surface area (TPSA) is 54.1 Å². The third-order valence-corrected chi connectivity index (χ3v) is 3.40. The molecule has 2 N–H and O–H groups in total. The Morgan fingerprint density at radius 3 is 2.95 bits per heavy atom. The van der Waals surface area contributed by atoms with Gasteiger partial charge >= 0.3 is 0 Å². The van der Waals surface area contributed by atoms with Crippen LogP contribution in [0.3, 0.4) is 0 Å². The number of aromatic amines is 1. The van der Waals surface area contributed by atoms with Crippen LogP contribution in [-0.2, 0) is 6.54 Å². The van der Waals surface area contributed by atoms with E-state index in [1.807, 2.05) is 54.7 Å². The van der Waals surface area contributed by atoms with Crippen molar-refractivity contribution in [2.45, 2.75) is 6.54 Å². The van der Waals surface area contributed by atoms with Gasteiger partial charge in [-0.15, -0.1) is 0 Å². The first-order chi connectivity index (χ1) is 10.3. The fourth-order valence-electron chi connectivity index (χ4n) is 2.26. The number of aromatic nitrogens is 1. The van der Waals surface area contributed by atoms with Crippen LogP contribution in [0.2, 0.25) is 0 Å². The highest BCUT2D eigenvalue weighted by Gasteiger charge is 2.06. The van der Waals surface area contributed by atoms with Crippen LogP contribution in [-0.4, -0.2) is 18.0 Å². The number of rotatable bonds is 4. The molecule has 0 aliphatic rings. The molecule has 4 nitrogen and oxygen atoms in total. The molecule has 1 heterocycles. The fraction of sp³-hybridized carbons (Fsp3) is 0.118. The monoisotopic (exact) mass is 280 g/mol. The summed E-state index contributed by atoms with van der Waals surface area (Å²) in [6.07, 6.45) is 1.86. The number of fused-ring (bicyclic) bond motifs is 1. The summed E-state index contributed by atoms with van der Waals surface area (Å²) in [6.45, 7) is 0.473. The van der Waals surface area contributed by atoms with Crippen molar-refractivity contribution >= 4 is 16.8 Å². The van der Waals surface area contributed by atoms with Gasteiger partial charge in [0.2, 0.25) is 0 Å². The Bertz CT molecular complexity index is 777. The zero-order valence-corrected chi connectivity index (χ0v) is 11.7. The van der Waals surface area contributed by atoms with E-state index in [-0.39, 0.29) is 5.91 Å². The second-order valence-electron chi connectivity index (χ2n) is 4.81. The molecule has 0 saturated carbocycles. The molecular weight excluding hydrogens is 264 g/mol. The van der Waals surface area contributed by atoms with Gasteiger partial charge in [0.15, 0.2) is 0 Å². The van der Waals surface area contributed by atoms with Gasteiger partial charge in [-0.2, -0.15) is 0 Å². The van der Waals surface area contributed by atoms with Crippen molar-refractivity contribution in [3.8, 4) is 5.75 Å². The number of hydrogen-bond acceptors (Lipinski definition) is 2. The third kappa shape index (κ3) is 2.89. The maximum absolute atomic E-state index is 12.2. The van der Waals surface area contributed by atoms with Gasteiger partial charge < -0.3 is 15.0 Å². The summed E-state index contributed by atoms with van der Waals surface area (Å²) in [6, 6.07) is 15.2. The number of ether oxygens (including phenoxy) is 1. The molecular formula is C17H16N2O2. The Labute approximate surface area is 122 Å². The Morgan fingerprint density at radius 1 is 1.19 bits per heavy atom. The Balaban J connectivity index is 1.70. The molecule has 3 rings (SSSR count). The number of nitrogens with one attached hydrogen (secondary N) is 2. The highest BCUT2D eigenvalue weighted by atomic mass is 16.5. The zero-order chi connectivity index (χ0) is 14.7. The van der Waals surface area contributed by atoms with E-state index < -0.39 is 0 Å². The minimum absolute atomic E-state index is 0.0825. The van der Waals surface area contributed by atoms with E-state index in [1.165, 1.54) is 0 Å². The van der Waals surface area contributed by atoms with Crippen LogP contribution in [0.15, 0.2) is 54.7 Å². The molecule has 0 aliphatic carbocycles. The summed E-state index contributed by atoms with van der Waals surface area (Å²) < 4.78 is 5.17. The lowest BCUT2D eigenvalue weighted by Gasteiger charge is -2.07. The molecule has 0 fully saturated rings. The maximum atomic E-state index is 12.2. The van der Waals surface area contributed by atoms with Gasteiger partial charge in [-0.3, -0.25) is 4.79 Å². The van der Waals surface area contributed by atoms with Gasteiger partial charge in [0.1, 0.15) is 5.75 Å². The molecule has 1 aromatic heterocycles. The lowest BCUT2D eigenvalue weighted by Crippen LogP contribution is -2.22. The SMILES string of the molecule is COc1cccc(CNC(=O)c2ccc3[nH]ccc3c2)c1. The number of amides is 1. The van der Waals surface area contributed by atoms with Gasteiger partial charge in [0.25, 0.3) is 5.91 Å². The van der Waals surface area contributed by atoms with Gasteiger partial charge in [-0.25, -0.2) is 0 Å². The van der Waals surface area contributed by atoms with Gasteiger partial charge in [-0.1, -0.05) is 12.1 Å². The predicted octanol–water partition coefficient (Wildman–Crippen LogP) is 3.11. The second-order valence-corrected chi connectivity index (χ2v) is 4.81. The van der Waals surface area contributed by atoms with Crippen LogP contribution >= 0.6 is 0 Å². The van der Waals surface area contributed by atoms with Crippen LogP contribution in [0.1, 0.15) is 15.9 Å². The summed E-state index contributed by atoms with van der Waals surface area (Å²) >= 11 is 0. The number of H-pyrrole nitrogens is 1. The van der Waals surface area contributed by atoms with Crippen LogP contribution in [0.4, 0.5) is 0 Å². The molecule has 2 aromatic carbocycles. The van der Waals surface area contributed by atoms with Gasteiger partial charge in [0, 0.05) is 29.2 Å². The van der Waals surface area contributed by atoms with Crippen LogP contribution < -0.4 is 10.1 Å². The lowest BCUT2D eigenvalue weighted by molar-refractivity contribution is 0.0951. The van der Waals surface area contributed by atoms with Crippen LogP contribution in [0.5, 0.6) is 5.75 Å². The number of carbonyl (C=O) groups excluding carboxylic acids is 1. The number of hydrogen-bond donors (Lipinski definition) is 2. The van der Waals surface area contributed by atoms with Crippen molar-refractivity contribution in [2.75, 3.05) is 7.11 Å². The molecule has 0 aliphatic heterocycles. The van der Waals surface area contributed by atoms with E-state index in [4.69, 9.17) is 4.74 Å². The van der Waals surface area contributed by atoms with Crippen molar-refractivity contribution in [3.63, 3.8) is 0 Å². The zero-order valence-electron chi connectivity index (χ0n) is 11.7. The van der Waals surface area contributed by atoms with Crippen molar-refractivity contribution in [3.05, 3.63) is 65.9 Å². The summed E-state index contributed by atoms with van der Waals surface area (Å²) in [7, 11) is 1.63. The van der Waals surface area contributed by atoms with E-state index >= 15 is 0 Å². The molecule has 106 valence electrons. The van der Waals surface area contributed by atoms with E-state index in [2.05, 4.69) is 10.3 Å². The number of methoxy groups -OCH3 is 1. The Morgan fingerprint density at radius 2 is 2.10 bits per heavy atom. The second kappa shape index (κ2) is 5.71. The Hall–Kier alpha value is -2.75. The van der Waals surface area contributed by atoms with E-state index in [0.29, 0.717) is 12.1 Å². The molecule has 0 spiro atoms. The van der Waals surface area contributed by atoms with E-state index in [1.54, 1.807) is 7.11 Å². The van der Waals surface area contributed by atoms with E-state index in [0.717, 1.165) is 22.2 Å². The summed E-state index contributed by atoms with van der Waals surface area (Å²) in [5.41, 5.74) is 2.69. The largest absolute Gasteiger partial charge is 0.497 e. The first kappa shape index (κ1) is 13.2. The maximum Gasteiger partial charge on any atom is 0.251 e. The van der Waals surface area contributed by atoms with Gasteiger partial charge in [-0.05, 0) is 42.0 Å². The average molecular weight is 280 g/mol.